The Morgan fingerprint density at radius 3 is 2.43 bits per heavy atom. The van der Waals surface area contributed by atoms with E-state index in [0.717, 1.165) is 13.0 Å². The lowest BCUT2D eigenvalue weighted by atomic mass is 9.75. The Hall–Kier alpha value is -1.88. The number of hydrogen-bond acceptors (Lipinski definition) is 4. The number of benzene rings is 1. The van der Waals surface area contributed by atoms with Crippen molar-refractivity contribution in [2.24, 2.45) is 11.3 Å². The molecule has 0 spiro atoms. The molecule has 1 atom stereocenters. The van der Waals surface area contributed by atoms with Crippen molar-refractivity contribution in [3.05, 3.63) is 29.8 Å². The van der Waals surface area contributed by atoms with Gasteiger partial charge in [0.1, 0.15) is 0 Å². The Morgan fingerprint density at radius 1 is 1.29 bits per heavy atom. The highest BCUT2D eigenvalue weighted by atomic mass is 16.5. The van der Waals surface area contributed by atoms with Crippen LogP contribution in [-0.2, 0) is 9.53 Å². The third kappa shape index (κ3) is 3.08. The van der Waals surface area contributed by atoms with Gasteiger partial charge >= 0.3 is 5.97 Å². The lowest BCUT2D eigenvalue weighted by molar-refractivity contribution is -0.126. The van der Waals surface area contributed by atoms with E-state index in [4.69, 9.17) is 0 Å². The van der Waals surface area contributed by atoms with Crippen molar-refractivity contribution in [2.75, 3.05) is 25.5 Å². The highest BCUT2D eigenvalue weighted by Gasteiger charge is 2.43. The summed E-state index contributed by atoms with van der Waals surface area (Å²) in [7, 11) is 1.34. The highest BCUT2D eigenvalue weighted by molar-refractivity contribution is 5.96. The van der Waals surface area contributed by atoms with Gasteiger partial charge in [0.05, 0.1) is 18.1 Å². The van der Waals surface area contributed by atoms with Gasteiger partial charge in [0.15, 0.2) is 0 Å². The molecule has 21 heavy (non-hydrogen) atoms. The number of amides is 1. The summed E-state index contributed by atoms with van der Waals surface area (Å²) in [6.07, 6.45) is 0.844. The van der Waals surface area contributed by atoms with Crippen molar-refractivity contribution in [3.8, 4) is 0 Å². The van der Waals surface area contributed by atoms with E-state index in [0.29, 0.717) is 17.8 Å². The number of ether oxygens (including phenoxy) is 1. The normalized spacial score (nSPS) is 21.3. The van der Waals surface area contributed by atoms with Gasteiger partial charge < -0.3 is 15.4 Å². The molecular weight excluding hydrogens is 268 g/mol. The van der Waals surface area contributed by atoms with Crippen molar-refractivity contribution < 1.29 is 14.3 Å². The van der Waals surface area contributed by atoms with E-state index in [1.54, 1.807) is 24.3 Å². The third-order valence-electron chi connectivity index (χ3n) is 4.31. The zero-order valence-corrected chi connectivity index (χ0v) is 12.7. The van der Waals surface area contributed by atoms with E-state index >= 15 is 0 Å². The lowest BCUT2D eigenvalue weighted by Gasteiger charge is -2.31. The molecule has 1 aromatic carbocycles. The summed E-state index contributed by atoms with van der Waals surface area (Å²) < 4.78 is 4.65. The summed E-state index contributed by atoms with van der Waals surface area (Å²) in [5.41, 5.74) is 0.803. The molecule has 0 radical (unpaired) electrons. The standard InChI is InChI=1S/C16H22N2O3/c1-11(2)16(8-9-17-10-16)15(20)18-13-6-4-12(5-7-13)14(19)21-3/h4-7,11,17H,8-10H2,1-3H3,(H,18,20). The Labute approximate surface area is 125 Å². The molecule has 5 nitrogen and oxygen atoms in total. The van der Waals surface area contributed by atoms with Crippen LogP contribution in [0.3, 0.4) is 0 Å². The van der Waals surface area contributed by atoms with Gasteiger partial charge in [0.2, 0.25) is 5.91 Å². The molecule has 0 aromatic heterocycles. The number of esters is 1. The average molecular weight is 290 g/mol. The van der Waals surface area contributed by atoms with E-state index in [1.807, 2.05) is 0 Å². The van der Waals surface area contributed by atoms with Crippen molar-refractivity contribution in [1.82, 2.24) is 5.32 Å². The van der Waals surface area contributed by atoms with Crippen LogP contribution < -0.4 is 10.6 Å². The lowest BCUT2D eigenvalue weighted by Crippen LogP contribution is -2.42. The first-order valence-electron chi connectivity index (χ1n) is 7.20. The summed E-state index contributed by atoms with van der Waals surface area (Å²) in [6.45, 7) is 5.73. The minimum atomic E-state index is -0.383. The first kappa shape index (κ1) is 15.5. The van der Waals surface area contributed by atoms with E-state index < -0.39 is 0 Å². The van der Waals surface area contributed by atoms with E-state index in [-0.39, 0.29) is 23.2 Å². The van der Waals surface area contributed by atoms with Crippen LogP contribution in [0.4, 0.5) is 5.69 Å². The van der Waals surface area contributed by atoms with E-state index in [1.165, 1.54) is 7.11 Å². The van der Waals surface area contributed by atoms with Gasteiger partial charge in [-0.15, -0.1) is 0 Å². The molecule has 1 aliphatic rings. The topological polar surface area (TPSA) is 67.4 Å². The quantitative estimate of drug-likeness (QED) is 0.833. The SMILES string of the molecule is COC(=O)c1ccc(NC(=O)C2(C(C)C)CCNC2)cc1. The van der Waals surface area contributed by atoms with E-state index in [2.05, 4.69) is 29.2 Å². The van der Waals surface area contributed by atoms with E-state index in [9.17, 15) is 9.59 Å². The van der Waals surface area contributed by atoms with Crippen LogP contribution >= 0.6 is 0 Å². The molecule has 1 heterocycles. The van der Waals surface area contributed by atoms with Gasteiger partial charge in [-0.25, -0.2) is 4.79 Å². The fourth-order valence-corrected chi connectivity index (χ4v) is 2.72. The second-order valence-electron chi connectivity index (χ2n) is 5.76. The highest BCUT2D eigenvalue weighted by Crippen LogP contribution is 2.35. The van der Waals surface area contributed by atoms with Crippen molar-refractivity contribution in [3.63, 3.8) is 0 Å². The minimum absolute atomic E-state index is 0.0355. The second kappa shape index (κ2) is 6.26. The molecule has 0 aliphatic carbocycles. The Kier molecular flexibility index (Phi) is 4.63. The molecule has 2 rings (SSSR count). The van der Waals surface area contributed by atoms with Crippen LogP contribution in [0.1, 0.15) is 30.6 Å². The number of carbonyl (C=O) groups excluding carboxylic acids is 2. The Bertz CT molecular complexity index is 517. The predicted octanol–water partition coefficient (Wildman–Crippen LogP) is 2.05. The summed E-state index contributed by atoms with van der Waals surface area (Å²) in [6, 6.07) is 6.74. The molecule has 0 bridgehead atoms. The summed E-state index contributed by atoms with van der Waals surface area (Å²) in [5.74, 6) is -0.0818. The molecule has 1 unspecified atom stereocenters. The summed E-state index contributed by atoms with van der Waals surface area (Å²) in [5, 5.41) is 6.23. The summed E-state index contributed by atoms with van der Waals surface area (Å²) in [4.78, 5) is 24.0. The fraction of sp³-hybridized carbons (Fsp3) is 0.500. The second-order valence-corrected chi connectivity index (χ2v) is 5.76. The summed E-state index contributed by atoms with van der Waals surface area (Å²) >= 11 is 0. The van der Waals surface area contributed by atoms with Gasteiger partial charge in [-0.05, 0) is 43.1 Å². The van der Waals surface area contributed by atoms with Crippen LogP contribution in [-0.4, -0.2) is 32.1 Å². The van der Waals surface area contributed by atoms with Crippen LogP contribution in [0, 0.1) is 11.3 Å². The maximum atomic E-state index is 12.6. The molecular formula is C16H22N2O3. The van der Waals surface area contributed by atoms with Crippen LogP contribution in [0.25, 0.3) is 0 Å². The molecule has 1 aliphatic heterocycles. The molecule has 2 N–H and O–H groups in total. The maximum Gasteiger partial charge on any atom is 0.337 e. The maximum absolute atomic E-state index is 12.6. The van der Waals surface area contributed by atoms with Crippen LogP contribution in [0.15, 0.2) is 24.3 Å². The van der Waals surface area contributed by atoms with Crippen LogP contribution in [0.2, 0.25) is 0 Å². The Morgan fingerprint density at radius 2 is 1.95 bits per heavy atom. The molecule has 5 heteroatoms. The zero-order chi connectivity index (χ0) is 15.5. The number of rotatable bonds is 4. The van der Waals surface area contributed by atoms with Gasteiger partial charge in [-0.1, -0.05) is 13.8 Å². The van der Waals surface area contributed by atoms with Crippen molar-refractivity contribution >= 4 is 17.6 Å². The Balaban J connectivity index is 2.10. The predicted molar refractivity (Wildman–Crippen MR) is 81.2 cm³/mol. The zero-order valence-electron chi connectivity index (χ0n) is 12.7. The molecule has 114 valence electrons. The number of hydrogen-bond donors (Lipinski definition) is 2. The fourth-order valence-electron chi connectivity index (χ4n) is 2.72. The van der Waals surface area contributed by atoms with Crippen molar-refractivity contribution in [1.29, 1.82) is 0 Å². The number of methoxy groups -OCH3 is 1. The molecule has 1 amide bonds. The molecule has 1 fully saturated rings. The number of anilines is 1. The number of carbonyl (C=O) groups is 2. The number of nitrogens with one attached hydrogen (secondary N) is 2. The van der Waals surface area contributed by atoms with Gasteiger partial charge in [-0.3, -0.25) is 4.79 Å². The van der Waals surface area contributed by atoms with Gasteiger partial charge in [0, 0.05) is 12.2 Å². The average Bonchev–Trinajstić information content (AvgIpc) is 2.98. The van der Waals surface area contributed by atoms with Gasteiger partial charge in [-0.2, -0.15) is 0 Å². The molecule has 0 saturated carbocycles. The molecule has 1 aromatic rings. The largest absolute Gasteiger partial charge is 0.465 e. The monoisotopic (exact) mass is 290 g/mol. The molecule has 1 saturated heterocycles. The van der Waals surface area contributed by atoms with Gasteiger partial charge in [0.25, 0.3) is 0 Å². The third-order valence-corrected chi connectivity index (χ3v) is 4.31. The first-order chi connectivity index (χ1) is 9.99. The minimum Gasteiger partial charge on any atom is -0.465 e. The van der Waals surface area contributed by atoms with Crippen molar-refractivity contribution in [2.45, 2.75) is 20.3 Å². The first-order valence-corrected chi connectivity index (χ1v) is 7.20. The smallest absolute Gasteiger partial charge is 0.337 e. The van der Waals surface area contributed by atoms with Crippen LogP contribution in [0.5, 0.6) is 0 Å².